The predicted octanol–water partition coefficient (Wildman–Crippen LogP) is 2.43. The summed E-state index contributed by atoms with van der Waals surface area (Å²) in [4.78, 5) is 4.29. The van der Waals surface area contributed by atoms with Crippen LogP contribution in [0.1, 0.15) is 40.0 Å². The number of nitrogens with zero attached hydrogens (tertiary/aromatic N) is 2. The Bertz CT molecular complexity index is 367. The first-order valence-corrected chi connectivity index (χ1v) is 7.94. The topological polar surface area (TPSA) is 50.1 Å². The van der Waals surface area contributed by atoms with Gasteiger partial charge in [0.05, 0.1) is 6.61 Å². The monoisotopic (exact) mass is 285 g/mol. The number of aliphatic hydroxyl groups is 1. The van der Waals surface area contributed by atoms with Crippen molar-refractivity contribution in [3.8, 4) is 0 Å². The van der Waals surface area contributed by atoms with Crippen molar-refractivity contribution in [2.24, 2.45) is 7.05 Å². The maximum atomic E-state index is 9.50. The summed E-state index contributed by atoms with van der Waals surface area (Å²) >= 11 is 1.79. The van der Waals surface area contributed by atoms with Crippen molar-refractivity contribution in [3.05, 3.63) is 12.4 Å². The van der Waals surface area contributed by atoms with Gasteiger partial charge in [0.1, 0.15) is 0 Å². The Kier molecular flexibility index (Phi) is 6.89. The molecule has 0 saturated carbocycles. The maximum absolute atomic E-state index is 9.50. The lowest BCUT2D eigenvalue weighted by atomic mass is 9.95. The minimum absolute atomic E-state index is 0.151. The number of thioether (sulfide) groups is 1. The van der Waals surface area contributed by atoms with Crippen LogP contribution in [0.5, 0.6) is 0 Å². The number of hydrogen-bond acceptors (Lipinski definition) is 4. The van der Waals surface area contributed by atoms with Crippen molar-refractivity contribution in [2.75, 3.05) is 12.4 Å². The van der Waals surface area contributed by atoms with E-state index in [0.717, 1.165) is 30.2 Å². The molecule has 1 heterocycles. The summed E-state index contributed by atoms with van der Waals surface area (Å²) in [5.41, 5.74) is -0.151. The number of hydrogen-bond donors (Lipinski definition) is 2. The number of unbranched alkanes of at least 4 members (excludes halogenated alkanes) is 1. The molecule has 1 unspecified atom stereocenters. The number of aromatic nitrogens is 2. The highest BCUT2D eigenvalue weighted by Gasteiger charge is 2.22. The number of aryl methyl sites for hydroxylation is 1. The molecule has 0 amide bonds. The molecule has 1 aromatic rings. The normalized spacial score (nSPS) is 14.8. The summed E-state index contributed by atoms with van der Waals surface area (Å²) in [5, 5.41) is 14.0. The summed E-state index contributed by atoms with van der Waals surface area (Å²) in [5.74, 6) is 1.08. The number of aliphatic hydroxyl groups excluding tert-OH is 1. The van der Waals surface area contributed by atoms with E-state index in [1.807, 2.05) is 24.0 Å². The first-order valence-electron chi connectivity index (χ1n) is 6.95. The molecule has 1 atom stereocenters. The molecule has 0 fully saturated rings. The van der Waals surface area contributed by atoms with E-state index in [-0.39, 0.29) is 12.1 Å². The highest BCUT2D eigenvalue weighted by molar-refractivity contribution is 7.99. The fourth-order valence-corrected chi connectivity index (χ4v) is 3.10. The van der Waals surface area contributed by atoms with Gasteiger partial charge >= 0.3 is 0 Å². The van der Waals surface area contributed by atoms with Crippen LogP contribution in [-0.2, 0) is 7.05 Å². The molecular weight excluding hydrogens is 258 g/mol. The van der Waals surface area contributed by atoms with Crippen molar-refractivity contribution in [3.63, 3.8) is 0 Å². The van der Waals surface area contributed by atoms with Crippen LogP contribution in [0.3, 0.4) is 0 Å². The van der Waals surface area contributed by atoms with E-state index in [0.29, 0.717) is 6.04 Å². The Morgan fingerprint density at radius 1 is 1.47 bits per heavy atom. The second kappa shape index (κ2) is 7.92. The van der Waals surface area contributed by atoms with Crippen LogP contribution < -0.4 is 5.32 Å². The zero-order valence-corrected chi connectivity index (χ0v) is 13.3. The van der Waals surface area contributed by atoms with Crippen molar-refractivity contribution in [2.45, 2.75) is 56.8 Å². The average molecular weight is 285 g/mol. The molecule has 0 saturated heterocycles. The third kappa shape index (κ3) is 5.97. The summed E-state index contributed by atoms with van der Waals surface area (Å²) in [6, 6.07) is 0.402. The second-order valence-corrected chi connectivity index (χ2v) is 6.71. The van der Waals surface area contributed by atoms with Gasteiger partial charge in [-0.15, -0.1) is 0 Å². The standard InChI is InChI=1S/C14H27N3OS/c1-12(2)16-14(3,11-18)7-5-6-10-19-13-15-8-9-17(13)4/h8-9,12,16,18H,5-7,10-11H2,1-4H3. The Morgan fingerprint density at radius 2 is 2.21 bits per heavy atom. The quantitative estimate of drug-likeness (QED) is 0.540. The molecule has 0 aliphatic heterocycles. The minimum Gasteiger partial charge on any atom is -0.394 e. The van der Waals surface area contributed by atoms with Crippen molar-refractivity contribution >= 4 is 11.8 Å². The van der Waals surface area contributed by atoms with Gasteiger partial charge in [-0.3, -0.25) is 0 Å². The lowest BCUT2D eigenvalue weighted by Gasteiger charge is -2.31. The predicted molar refractivity (Wildman–Crippen MR) is 81.5 cm³/mol. The molecule has 1 rings (SSSR count). The van der Waals surface area contributed by atoms with Gasteiger partial charge in [0.25, 0.3) is 0 Å². The van der Waals surface area contributed by atoms with Crippen molar-refractivity contribution < 1.29 is 5.11 Å². The molecule has 110 valence electrons. The van der Waals surface area contributed by atoms with Crippen LogP contribution in [-0.4, -0.2) is 38.6 Å². The molecule has 19 heavy (non-hydrogen) atoms. The lowest BCUT2D eigenvalue weighted by Crippen LogP contribution is -2.49. The van der Waals surface area contributed by atoms with Crippen LogP contribution in [0.4, 0.5) is 0 Å². The molecule has 0 radical (unpaired) electrons. The van der Waals surface area contributed by atoms with Gasteiger partial charge in [-0.25, -0.2) is 4.98 Å². The lowest BCUT2D eigenvalue weighted by molar-refractivity contribution is 0.154. The number of nitrogens with one attached hydrogen (secondary N) is 1. The van der Waals surface area contributed by atoms with Crippen LogP contribution >= 0.6 is 11.8 Å². The van der Waals surface area contributed by atoms with Gasteiger partial charge in [0, 0.05) is 36.8 Å². The molecule has 4 nitrogen and oxygen atoms in total. The van der Waals surface area contributed by atoms with E-state index < -0.39 is 0 Å². The molecule has 1 aromatic heterocycles. The van der Waals surface area contributed by atoms with Gasteiger partial charge in [-0.2, -0.15) is 0 Å². The van der Waals surface area contributed by atoms with Gasteiger partial charge in [-0.05, 0) is 19.8 Å². The number of rotatable bonds is 9. The summed E-state index contributed by atoms with van der Waals surface area (Å²) in [6.45, 7) is 6.52. The zero-order chi connectivity index (χ0) is 14.3. The van der Waals surface area contributed by atoms with E-state index in [1.54, 1.807) is 11.8 Å². The summed E-state index contributed by atoms with van der Waals surface area (Å²) in [6.07, 6.45) is 7.07. The highest BCUT2D eigenvalue weighted by Crippen LogP contribution is 2.19. The number of imidazole rings is 1. The molecule has 0 aliphatic rings. The molecule has 2 N–H and O–H groups in total. The van der Waals surface area contributed by atoms with Gasteiger partial charge < -0.3 is 15.0 Å². The largest absolute Gasteiger partial charge is 0.394 e. The summed E-state index contributed by atoms with van der Waals surface area (Å²) < 4.78 is 2.04. The third-order valence-electron chi connectivity index (χ3n) is 3.12. The Balaban J connectivity index is 2.20. The Hall–Kier alpha value is -0.520. The fraction of sp³-hybridized carbons (Fsp3) is 0.786. The van der Waals surface area contributed by atoms with Gasteiger partial charge in [0.2, 0.25) is 0 Å². The molecule has 0 aliphatic carbocycles. The van der Waals surface area contributed by atoms with Crippen molar-refractivity contribution in [1.29, 1.82) is 0 Å². The summed E-state index contributed by atoms with van der Waals surface area (Å²) in [7, 11) is 2.02. The second-order valence-electron chi connectivity index (χ2n) is 5.64. The van der Waals surface area contributed by atoms with E-state index in [2.05, 4.69) is 31.1 Å². The molecular formula is C14H27N3OS. The maximum Gasteiger partial charge on any atom is 0.167 e. The molecule has 0 aromatic carbocycles. The van der Waals surface area contributed by atoms with Crippen LogP contribution in [0.2, 0.25) is 0 Å². The Morgan fingerprint density at radius 3 is 2.74 bits per heavy atom. The van der Waals surface area contributed by atoms with E-state index in [4.69, 9.17) is 0 Å². The van der Waals surface area contributed by atoms with E-state index in [1.165, 1.54) is 0 Å². The molecule has 0 bridgehead atoms. The SMILES string of the molecule is CC(C)NC(C)(CO)CCCCSc1nccn1C. The first kappa shape index (κ1) is 16.5. The van der Waals surface area contributed by atoms with Crippen LogP contribution in [0, 0.1) is 0 Å². The third-order valence-corrected chi connectivity index (χ3v) is 4.26. The zero-order valence-electron chi connectivity index (χ0n) is 12.5. The Labute approximate surface area is 121 Å². The van der Waals surface area contributed by atoms with Crippen LogP contribution in [0.25, 0.3) is 0 Å². The fourth-order valence-electron chi connectivity index (χ4n) is 2.17. The minimum atomic E-state index is -0.151. The highest BCUT2D eigenvalue weighted by atomic mass is 32.2. The van der Waals surface area contributed by atoms with E-state index in [9.17, 15) is 5.11 Å². The first-order chi connectivity index (χ1) is 8.97. The average Bonchev–Trinajstić information content (AvgIpc) is 2.74. The molecule has 5 heteroatoms. The van der Waals surface area contributed by atoms with Crippen LogP contribution in [0.15, 0.2) is 17.6 Å². The smallest absolute Gasteiger partial charge is 0.167 e. The van der Waals surface area contributed by atoms with Crippen molar-refractivity contribution in [1.82, 2.24) is 14.9 Å². The molecule has 0 spiro atoms. The van der Waals surface area contributed by atoms with Gasteiger partial charge in [-0.1, -0.05) is 32.0 Å². The van der Waals surface area contributed by atoms with Gasteiger partial charge in [0.15, 0.2) is 5.16 Å². The van der Waals surface area contributed by atoms with E-state index >= 15 is 0 Å².